The molecule has 0 saturated heterocycles. The van der Waals surface area contributed by atoms with Gasteiger partial charge in [0.05, 0.1) is 6.61 Å². The largest absolute Gasteiger partial charge is 0.466 e. The van der Waals surface area contributed by atoms with Gasteiger partial charge in [0.25, 0.3) is 0 Å². The highest BCUT2D eigenvalue weighted by Gasteiger charge is 2.12. The van der Waals surface area contributed by atoms with Crippen LogP contribution in [0.4, 0.5) is 0 Å². The number of benzene rings is 2. The van der Waals surface area contributed by atoms with E-state index >= 15 is 0 Å². The number of carbonyl (C=O) groups excluding carboxylic acids is 2. The fourth-order valence-electron chi connectivity index (χ4n) is 2.52. The third kappa shape index (κ3) is 7.35. The van der Waals surface area contributed by atoms with Gasteiger partial charge in [-0.15, -0.1) is 0 Å². The summed E-state index contributed by atoms with van der Waals surface area (Å²) >= 11 is 0. The summed E-state index contributed by atoms with van der Waals surface area (Å²) in [5.74, 6) is 0.304. The molecule has 0 aliphatic carbocycles. The van der Waals surface area contributed by atoms with Gasteiger partial charge in [0, 0.05) is 19.8 Å². The monoisotopic (exact) mass is 414 g/mol. The van der Waals surface area contributed by atoms with E-state index in [9.17, 15) is 9.59 Å². The van der Waals surface area contributed by atoms with E-state index in [1.54, 1.807) is 39.3 Å². The molecular formula is C23H26O7. The normalized spacial score (nSPS) is 10.8. The van der Waals surface area contributed by atoms with Crippen molar-refractivity contribution in [3.63, 3.8) is 0 Å². The molecular weight excluding hydrogens is 388 g/mol. The van der Waals surface area contributed by atoms with Crippen LogP contribution in [-0.2, 0) is 19.0 Å². The average molecular weight is 414 g/mol. The van der Waals surface area contributed by atoms with Crippen LogP contribution in [0.1, 0.15) is 34.8 Å². The molecule has 0 amide bonds. The molecule has 0 aliphatic rings. The van der Waals surface area contributed by atoms with E-state index in [1.165, 1.54) is 0 Å². The van der Waals surface area contributed by atoms with Crippen LogP contribution >= 0.6 is 0 Å². The second-order valence-electron chi connectivity index (χ2n) is 6.17. The maximum Gasteiger partial charge on any atom is 0.313 e. The summed E-state index contributed by atoms with van der Waals surface area (Å²) in [5.41, 5.74) is 2.27. The lowest BCUT2D eigenvalue weighted by Crippen LogP contribution is -2.11. The van der Waals surface area contributed by atoms with Gasteiger partial charge in [0.1, 0.15) is 6.42 Å². The summed E-state index contributed by atoms with van der Waals surface area (Å²) in [6.07, 6.45) is 3.56. The van der Waals surface area contributed by atoms with Gasteiger partial charge < -0.3 is 23.7 Å². The first kappa shape index (κ1) is 23.1. The van der Waals surface area contributed by atoms with Gasteiger partial charge in [-0.2, -0.15) is 0 Å². The molecule has 2 rings (SSSR count). The molecule has 7 nitrogen and oxygen atoms in total. The van der Waals surface area contributed by atoms with Gasteiger partial charge in [-0.05, 0) is 30.2 Å². The second-order valence-corrected chi connectivity index (χ2v) is 6.17. The van der Waals surface area contributed by atoms with Gasteiger partial charge in [-0.25, -0.2) is 0 Å². The first-order valence-corrected chi connectivity index (χ1v) is 9.41. The van der Waals surface area contributed by atoms with Crippen LogP contribution in [0, 0.1) is 0 Å². The molecule has 0 aromatic heterocycles. The van der Waals surface area contributed by atoms with E-state index in [1.807, 2.05) is 36.4 Å². The van der Waals surface area contributed by atoms with E-state index in [-0.39, 0.29) is 32.4 Å². The van der Waals surface area contributed by atoms with Crippen LogP contribution in [0.5, 0.6) is 11.5 Å². The molecule has 0 atom stereocenters. The molecule has 30 heavy (non-hydrogen) atoms. The van der Waals surface area contributed by atoms with Gasteiger partial charge >= 0.3 is 5.97 Å². The van der Waals surface area contributed by atoms with E-state index in [2.05, 4.69) is 0 Å². The molecule has 0 radical (unpaired) electrons. The Bertz CT molecular complexity index is 856. The molecule has 0 fully saturated rings. The van der Waals surface area contributed by atoms with Crippen LogP contribution in [0.3, 0.4) is 0 Å². The number of hydrogen-bond donors (Lipinski definition) is 0. The Morgan fingerprint density at radius 1 is 0.833 bits per heavy atom. The molecule has 0 saturated carbocycles. The van der Waals surface area contributed by atoms with E-state index in [0.29, 0.717) is 17.1 Å². The standard InChI is InChI=1S/C23H26O7/c1-4-28-23(25)14-20(24)19-10-7-17(8-11-19)5-6-18-9-12-21(29-15-26-2)22(13-18)30-16-27-3/h5-13H,4,14-16H2,1-3H3/b6-5+. The molecule has 0 heterocycles. The molecule has 2 aromatic rings. The van der Waals surface area contributed by atoms with Crippen molar-refractivity contribution in [2.75, 3.05) is 34.4 Å². The quantitative estimate of drug-likeness (QED) is 0.171. The predicted molar refractivity (Wildman–Crippen MR) is 112 cm³/mol. The van der Waals surface area contributed by atoms with Crippen LogP contribution in [0.25, 0.3) is 12.2 Å². The summed E-state index contributed by atoms with van der Waals surface area (Å²) < 4.78 is 25.7. The zero-order valence-corrected chi connectivity index (χ0v) is 17.4. The smallest absolute Gasteiger partial charge is 0.313 e. The fourth-order valence-corrected chi connectivity index (χ4v) is 2.52. The Hall–Kier alpha value is -3.16. The van der Waals surface area contributed by atoms with Gasteiger partial charge in [-0.3, -0.25) is 9.59 Å². The molecule has 160 valence electrons. The molecule has 0 N–H and O–H groups in total. The van der Waals surface area contributed by atoms with Crippen LogP contribution in [0.15, 0.2) is 42.5 Å². The van der Waals surface area contributed by atoms with Crippen LogP contribution in [0.2, 0.25) is 0 Å². The van der Waals surface area contributed by atoms with Crippen molar-refractivity contribution in [2.24, 2.45) is 0 Å². The Balaban J connectivity index is 2.07. The summed E-state index contributed by atoms with van der Waals surface area (Å²) in [4.78, 5) is 23.5. The maximum absolute atomic E-state index is 12.1. The first-order chi connectivity index (χ1) is 14.6. The van der Waals surface area contributed by atoms with Crippen molar-refractivity contribution in [1.82, 2.24) is 0 Å². The molecule has 0 bridgehead atoms. The summed E-state index contributed by atoms with van der Waals surface area (Å²) in [6, 6.07) is 12.5. The summed E-state index contributed by atoms with van der Waals surface area (Å²) in [7, 11) is 3.09. The van der Waals surface area contributed by atoms with Crippen LogP contribution < -0.4 is 9.47 Å². The third-order valence-corrected chi connectivity index (χ3v) is 3.94. The topological polar surface area (TPSA) is 80.3 Å². The van der Waals surface area contributed by atoms with Gasteiger partial charge in [0.2, 0.25) is 0 Å². The van der Waals surface area contributed by atoms with Crippen molar-refractivity contribution in [3.8, 4) is 11.5 Å². The molecule has 0 spiro atoms. The lowest BCUT2D eigenvalue weighted by Gasteiger charge is -2.12. The number of esters is 1. The van der Waals surface area contributed by atoms with Crippen molar-refractivity contribution >= 4 is 23.9 Å². The van der Waals surface area contributed by atoms with E-state index in [0.717, 1.165) is 11.1 Å². The lowest BCUT2D eigenvalue weighted by molar-refractivity contribution is -0.141. The molecule has 0 aliphatic heterocycles. The zero-order valence-electron chi connectivity index (χ0n) is 17.4. The number of Topliss-reactive ketones (excluding diaryl/α,β-unsaturated/α-hetero) is 1. The highest BCUT2D eigenvalue weighted by molar-refractivity contribution is 6.06. The Morgan fingerprint density at radius 3 is 2.07 bits per heavy atom. The lowest BCUT2D eigenvalue weighted by atomic mass is 10.1. The molecule has 0 unspecified atom stereocenters. The molecule has 2 aromatic carbocycles. The second kappa shape index (κ2) is 12.4. The van der Waals surface area contributed by atoms with Crippen molar-refractivity contribution in [2.45, 2.75) is 13.3 Å². The highest BCUT2D eigenvalue weighted by Crippen LogP contribution is 2.29. The SMILES string of the molecule is CCOC(=O)CC(=O)c1ccc(/C=C/c2ccc(OCOC)c(OCOC)c2)cc1. The summed E-state index contributed by atoms with van der Waals surface area (Å²) in [5, 5.41) is 0. The highest BCUT2D eigenvalue weighted by atomic mass is 16.7. The average Bonchev–Trinajstić information content (AvgIpc) is 2.75. The summed E-state index contributed by atoms with van der Waals surface area (Å²) in [6.45, 7) is 2.17. The minimum Gasteiger partial charge on any atom is -0.466 e. The third-order valence-electron chi connectivity index (χ3n) is 3.94. The van der Waals surface area contributed by atoms with Crippen LogP contribution in [-0.4, -0.2) is 46.2 Å². The Labute approximate surface area is 176 Å². The number of carbonyl (C=O) groups is 2. The van der Waals surface area contributed by atoms with Gasteiger partial charge in [0.15, 0.2) is 30.9 Å². The minimum atomic E-state index is -0.518. The molecule has 7 heteroatoms. The van der Waals surface area contributed by atoms with Crippen molar-refractivity contribution < 1.29 is 33.3 Å². The minimum absolute atomic E-state index is 0.0950. The number of hydrogen-bond acceptors (Lipinski definition) is 7. The van der Waals surface area contributed by atoms with Gasteiger partial charge in [-0.1, -0.05) is 42.5 Å². The van der Waals surface area contributed by atoms with Crippen molar-refractivity contribution in [1.29, 1.82) is 0 Å². The number of ketones is 1. The number of rotatable bonds is 12. The maximum atomic E-state index is 12.1. The van der Waals surface area contributed by atoms with E-state index < -0.39 is 5.97 Å². The number of methoxy groups -OCH3 is 2. The Morgan fingerprint density at radius 2 is 1.43 bits per heavy atom. The van der Waals surface area contributed by atoms with E-state index in [4.69, 9.17) is 23.7 Å². The predicted octanol–water partition coefficient (Wildman–Crippen LogP) is 3.96. The number of ether oxygens (including phenoxy) is 5. The van der Waals surface area contributed by atoms with Crippen molar-refractivity contribution in [3.05, 3.63) is 59.2 Å². The fraction of sp³-hybridized carbons (Fsp3) is 0.304. The Kier molecular flexibility index (Phi) is 9.57. The zero-order chi connectivity index (χ0) is 21.8. The first-order valence-electron chi connectivity index (χ1n) is 9.41.